The Kier molecular flexibility index (Phi) is 3.36. The van der Waals surface area contributed by atoms with E-state index in [-0.39, 0.29) is 23.6 Å². The van der Waals surface area contributed by atoms with Crippen molar-refractivity contribution in [2.24, 2.45) is 11.7 Å². The van der Waals surface area contributed by atoms with Crippen molar-refractivity contribution in [1.82, 2.24) is 9.80 Å². The van der Waals surface area contributed by atoms with Crippen LogP contribution in [0.5, 0.6) is 0 Å². The molecule has 4 fully saturated rings. The van der Waals surface area contributed by atoms with Gasteiger partial charge < -0.3 is 15.6 Å². The van der Waals surface area contributed by atoms with Crippen LogP contribution < -0.4 is 5.73 Å². The summed E-state index contributed by atoms with van der Waals surface area (Å²) < 4.78 is 5.40. The van der Waals surface area contributed by atoms with E-state index in [4.69, 9.17) is 10.5 Å². The zero-order valence-corrected chi connectivity index (χ0v) is 15.0. The number of carbonyl (C=O) groups excluding carboxylic acids is 1. The lowest BCUT2D eigenvalue weighted by Crippen LogP contribution is -2.67. The molecule has 136 valence electrons. The molecule has 0 aromatic heterocycles. The molecule has 1 spiro atoms. The maximum absolute atomic E-state index is 12.3. The summed E-state index contributed by atoms with van der Waals surface area (Å²) in [5.41, 5.74) is 5.48. The van der Waals surface area contributed by atoms with E-state index in [1.165, 1.54) is 11.3 Å². The van der Waals surface area contributed by atoms with E-state index >= 15 is 0 Å². The number of nitrogens with zero attached hydrogens (tertiary/aromatic N) is 2. The fraction of sp³-hybridized carbons (Fsp3) is 0.765. The molecule has 25 heavy (non-hydrogen) atoms. The van der Waals surface area contributed by atoms with Gasteiger partial charge in [0.15, 0.2) is 5.60 Å². The number of ether oxygens (including phenoxy) is 1. The number of likely N-dealkylation sites (tertiary alicyclic amines) is 1. The minimum atomic E-state index is -1.00. The van der Waals surface area contributed by atoms with Gasteiger partial charge in [0.25, 0.3) is 5.91 Å². The van der Waals surface area contributed by atoms with Crippen LogP contribution in [0.2, 0.25) is 0 Å². The summed E-state index contributed by atoms with van der Waals surface area (Å²) in [6, 6.07) is 0.792. The molecule has 5 rings (SSSR count). The third-order valence-electron chi connectivity index (χ3n) is 6.49. The van der Waals surface area contributed by atoms with Gasteiger partial charge >= 0.3 is 5.97 Å². The molecule has 0 aromatic carbocycles. The van der Waals surface area contributed by atoms with Crippen molar-refractivity contribution < 1.29 is 19.4 Å². The Balaban J connectivity index is 1.29. The summed E-state index contributed by atoms with van der Waals surface area (Å²) in [6.45, 7) is 4.41. The molecule has 5 aliphatic rings. The summed E-state index contributed by atoms with van der Waals surface area (Å²) in [7, 11) is 0. The molecule has 1 saturated carbocycles. The average molecular weight is 365 g/mol. The molecular formula is C17H23N3O4S. The van der Waals surface area contributed by atoms with Crippen LogP contribution in [0.3, 0.4) is 0 Å². The van der Waals surface area contributed by atoms with Gasteiger partial charge in [0.05, 0.1) is 12.6 Å². The Labute approximate surface area is 150 Å². The summed E-state index contributed by atoms with van der Waals surface area (Å²) in [6.07, 6.45) is 3.34. The molecule has 0 aromatic rings. The second kappa shape index (κ2) is 5.22. The first kappa shape index (κ1) is 16.1. The van der Waals surface area contributed by atoms with Crippen LogP contribution in [0, 0.1) is 5.92 Å². The number of carboxylic acid groups (broad SMARTS) is 1. The van der Waals surface area contributed by atoms with Crippen molar-refractivity contribution in [1.29, 1.82) is 0 Å². The van der Waals surface area contributed by atoms with Crippen molar-refractivity contribution in [2.45, 2.75) is 55.2 Å². The predicted molar refractivity (Wildman–Crippen MR) is 91.7 cm³/mol. The van der Waals surface area contributed by atoms with Crippen LogP contribution in [0.1, 0.15) is 26.2 Å². The van der Waals surface area contributed by atoms with Gasteiger partial charge in [0.2, 0.25) is 0 Å². The number of epoxide rings is 1. The van der Waals surface area contributed by atoms with Gasteiger partial charge in [0, 0.05) is 41.2 Å². The molecule has 1 amide bonds. The molecule has 1 aliphatic carbocycles. The monoisotopic (exact) mass is 365 g/mol. The van der Waals surface area contributed by atoms with Gasteiger partial charge in [-0.05, 0) is 19.3 Å². The topological polar surface area (TPSA) is 99.4 Å². The van der Waals surface area contributed by atoms with Crippen LogP contribution >= 0.6 is 11.8 Å². The zero-order valence-electron chi connectivity index (χ0n) is 14.2. The van der Waals surface area contributed by atoms with E-state index in [0.29, 0.717) is 23.9 Å². The lowest BCUT2D eigenvalue weighted by atomic mass is 9.82. The number of carbonyl (C=O) groups is 2. The fourth-order valence-electron chi connectivity index (χ4n) is 5.03. The van der Waals surface area contributed by atoms with Gasteiger partial charge in [0.1, 0.15) is 5.70 Å². The first-order chi connectivity index (χ1) is 11.9. The molecule has 4 aliphatic heterocycles. The van der Waals surface area contributed by atoms with Crippen molar-refractivity contribution in [3.63, 3.8) is 0 Å². The number of amides is 1. The third-order valence-corrected chi connectivity index (χ3v) is 7.94. The van der Waals surface area contributed by atoms with E-state index in [2.05, 4.69) is 4.90 Å². The van der Waals surface area contributed by atoms with Gasteiger partial charge in [-0.3, -0.25) is 14.6 Å². The number of aliphatic carboxylic acids is 1. The number of thioether (sulfide) groups is 1. The molecule has 5 atom stereocenters. The highest BCUT2D eigenvalue weighted by Gasteiger charge is 2.76. The van der Waals surface area contributed by atoms with E-state index in [0.717, 1.165) is 30.8 Å². The molecule has 0 bridgehead atoms. The number of β-lactam (4-membered cyclic amide) rings is 1. The summed E-state index contributed by atoms with van der Waals surface area (Å²) in [5.74, 6) is -1.14. The van der Waals surface area contributed by atoms with Gasteiger partial charge in [-0.25, -0.2) is 4.79 Å². The maximum atomic E-state index is 12.3. The Bertz CT molecular complexity index is 685. The summed E-state index contributed by atoms with van der Waals surface area (Å²) in [5, 5.41) is 10.1. The highest BCUT2D eigenvalue weighted by atomic mass is 32.2. The van der Waals surface area contributed by atoms with Crippen LogP contribution in [0.15, 0.2) is 10.6 Å². The van der Waals surface area contributed by atoms with E-state index in [1.54, 1.807) is 11.8 Å². The maximum Gasteiger partial charge on any atom is 0.353 e. The first-order valence-electron chi connectivity index (χ1n) is 9.03. The lowest BCUT2D eigenvalue weighted by Gasteiger charge is -2.44. The van der Waals surface area contributed by atoms with Crippen LogP contribution in [-0.4, -0.2) is 75.5 Å². The Hall–Kier alpha value is -1.09. The number of hydrogen-bond acceptors (Lipinski definition) is 6. The third kappa shape index (κ3) is 2.11. The molecule has 7 nitrogen and oxygen atoms in total. The second-order valence-electron chi connectivity index (χ2n) is 8.03. The second-order valence-corrected chi connectivity index (χ2v) is 9.37. The minimum Gasteiger partial charge on any atom is -0.477 e. The van der Waals surface area contributed by atoms with E-state index < -0.39 is 11.6 Å². The molecule has 5 unspecified atom stereocenters. The van der Waals surface area contributed by atoms with E-state index in [1.807, 2.05) is 6.92 Å². The average Bonchev–Trinajstić information content (AvgIpc) is 3.18. The zero-order chi connectivity index (χ0) is 17.5. The Morgan fingerprint density at radius 1 is 1.40 bits per heavy atom. The largest absolute Gasteiger partial charge is 0.477 e. The van der Waals surface area contributed by atoms with E-state index in [9.17, 15) is 14.7 Å². The molecule has 0 radical (unpaired) electrons. The number of hydrogen-bond donors (Lipinski definition) is 2. The molecule has 4 heterocycles. The van der Waals surface area contributed by atoms with Crippen molar-refractivity contribution >= 4 is 23.6 Å². The van der Waals surface area contributed by atoms with Gasteiger partial charge in [-0.15, -0.1) is 11.8 Å². The van der Waals surface area contributed by atoms with Crippen LogP contribution in [-0.2, 0) is 14.3 Å². The van der Waals surface area contributed by atoms with Gasteiger partial charge in [-0.1, -0.05) is 6.92 Å². The number of carboxylic acids is 1. The standard InChI is InChI=1S/C17H23N3O4S/c1-8-13(25-11-5-19(6-11)10-3-2-9(18)4-10)12(15(21)22)20-14(8)17(7-24-17)16(20)23/h8-11,14H,2-7,18H2,1H3,(H,21,22). The van der Waals surface area contributed by atoms with Crippen molar-refractivity contribution in [2.75, 3.05) is 19.7 Å². The normalized spacial score (nSPS) is 43.4. The molecule has 3 N–H and O–H groups in total. The smallest absolute Gasteiger partial charge is 0.353 e. The minimum absolute atomic E-state index is 0.0326. The Morgan fingerprint density at radius 3 is 2.68 bits per heavy atom. The summed E-state index contributed by atoms with van der Waals surface area (Å²) in [4.78, 5) is 28.9. The van der Waals surface area contributed by atoms with Crippen LogP contribution in [0.4, 0.5) is 0 Å². The first-order valence-corrected chi connectivity index (χ1v) is 9.91. The molecule has 3 saturated heterocycles. The Morgan fingerprint density at radius 2 is 2.12 bits per heavy atom. The number of nitrogens with two attached hydrogens (primary N) is 1. The lowest BCUT2D eigenvalue weighted by molar-refractivity contribution is -0.158. The quantitative estimate of drug-likeness (QED) is 0.543. The van der Waals surface area contributed by atoms with Crippen molar-refractivity contribution in [3.05, 3.63) is 10.6 Å². The molecular weight excluding hydrogens is 342 g/mol. The number of rotatable bonds is 4. The highest BCUT2D eigenvalue weighted by Crippen LogP contribution is 2.58. The van der Waals surface area contributed by atoms with Crippen molar-refractivity contribution in [3.8, 4) is 0 Å². The van der Waals surface area contributed by atoms with Crippen LogP contribution in [0.25, 0.3) is 0 Å². The highest BCUT2D eigenvalue weighted by molar-refractivity contribution is 8.03. The SMILES string of the molecule is CC1C(SC2CN(C3CCC(N)C3)C2)=C(C(=O)O)N2C(=O)C3(CO3)C12. The fourth-order valence-corrected chi connectivity index (χ4v) is 6.57. The summed E-state index contributed by atoms with van der Waals surface area (Å²) >= 11 is 1.66. The predicted octanol–water partition coefficient (Wildman–Crippen LogP) is 0.209. The molecule has 8 heteroatoms. The number of fused-ring (bicyclic) bond motifs is 2. The van der Waals surface area contributed by atoms with Gasteiger partial charge in [-0.2, -0.15) is 0 Å².